The predicted octanol–water partition coefficient (Wildman–Crippen LogP) is 6.29. The van der Waals surface area contributed by atoms with E-state index in [-0.39, 0.29) is 10.8 Å². The van der Waals surface area contributed by atoms with Gasteiger partial charge in [0.25, 0.3) is 15.9 Å². The molecule has 9 heteroatoms. The number of nitrogens with zero attached hydrogens (tertiary/aromatic N) is 3. The Bertz CT molecular complexity index is 1780. The lowest BCUT2D eigenvalue weighted by atomic mass is 10.0. The van der Waals surface area contributed by atoms with Crippen LogP contribution in [-0.2, 0) is 23.0 Å². The summed E-state index contributed by atoms with van der Waals surface area (Å²) in [6.07, 6.45) is 1.61. The van der Waals surface area contributed by atoms with Gasteiger partial charge in [0.1, 0.15) is 5.75 Å². The summed E-state index contributed by atoms with van der Waals surface area (Å²) in [4.78, 5) is 20.4. The van der Waals surface area contributed by atoms with E-state index in [9.17, 15) is 13.2 Å². The second kappa shape index (κ2) is 10.7. The van der Waals surface area contributed by atoms with Crippen LogP contribution in [-0.4, -0.2) is 33.0 Å². The summed E-state index contributed by atoms with van der Waals surface area (Å²) in [5.41, 5.74) is 3.85. The van der Waals surface area contributed by atoms with Crippen LogP contribution in [0.4, 0.5) is 10.8 Å². The van der Waals surface area contributed by atoms with E-state index in [1.807, 2.05) is 72.8 Å². The molecule has 4 aromatic carbocycles. The lowest BCUT2D eigenvalue weighted by Crippen LogP contribution is -2.35. The first-order valence-corrected chi connectivity index (χ1v) is 15.2. The average molecular weight is 570 g/mol. The molecule has 0 bridgehead atoms. The monoisotopic (exact) mass is 569 g/mol. The molecule has 5 aromatic rings. The van der Waals surface area contributed by atoms with Crippen LogP contribution < -0.4 is 13.9 Å². The minimum absolute atomic E-state index is 0.155. The molecular weight excluding hydrogens is 542 g/mol. The maximum atomic E-state index is 13.9. The van der Waals surface area contributed by atoms with Crippen molar-refractivity contribution in [3.05, 3.63) is 114 Å². The second-order valence-corrected chi connectivity index (χ2v) is 12.4. The molecule has 0 aliphatic carbocycles. The minimum Gasteiger partial charge on any atom is -0.497 e. The molecule has 1 amide bonds. The summed E-state index contributed by atoms with van der Waals surface area (Å²) in [6.45, 7) is 0.745. The van der Waals surface area contributed by atoms with Crippen LogP contribution in [0, 0.1) is 0 Å². The number of sulfonamides is 1. The number of methoxy groups -OCH3 is 1. The van der Waals surface area contributed by atoms with Crippen molar-refractivity contribution in [3.8, 4) is 5.75 Å². The van der Waals surface area contributed by atoms with Crippen molar-refractivity contribution < 1.29 is 17.9 Å². The third-order valence-corrected chi connectivity index (χ3v) is 9.87. The molecule has 7 nitrogen and oxygen atoms in total. The molecule has 0 fully saturated rings. The zero-order valence-electron chi connectivity index (χ0n) is 21.9. The van der Waals surface area contributed by atoms with Crippen molar-refractivity contribution in [3.63, 3.8) is 0 Å². The van der Waals surface area contributed by atoms with Gasteiger partial charge >= 0.3 is 0 Å². The Hall–Kier alpha value is -4.21. The molecular formula is C31H27N3O4S2. The molecule has 0 radical (unpaired) electrons. The average Bonchev–Trinajstić information content (AvgIpc) is 3.43. The summed E-state index contributed by atoms with van der Waals surface area (Å²) < 4.78 is 34.9. The quantitative estimate of drug-likeness (QED) is 0.230. The smallest absolute Gasteiger partial charge is 0.264 e. The maximum Gasteiger partial charge on any atom is 0.264 e. The highest BCUT2D eigenvalue weighted by atomic mass is 32.2. The number of rotatable bonds is 7. The van der Waals surface area contributed by atoms with Crippen LogP contribution in [0.2, 0.25) is 0 Å². The Morgan fingerprint density at radius 3 is 2.50 bits per heavy atom. The lowest BCUT2D eigenvalue weighted by Gasteiger charge is -2.30. The molecule has 1 aliphatic rings. The van der Waals surface area contributed by atoms with Crippen molar-refractivity contribution in [2.45, 2.75) is 24.3 Å². The van der Waals surface area contributed by atoms with Crippen LogP contribution in [0.3, 0.4) is 0 Å². The van der Waals surface area contributed by atoms with E-state index in [0.29, 0.717) is 23.8 Å². The lowest BCUT2D eigenvalue weighted by molar-refractivity contribution is 0.0985. The van der Waals surface area contributed by atoms with Crippen LogP contribution in [0.15, 0.2) is 102 Å². The van der Waals surface area contributed by atoms with Crippen LogP contribution in [0.1, 0.15) is 27.9 Å². The summed E-state index contributed by atoms with van der Waals surface area (Å²) in [7, 11) is -2.16. The number of thiazole rings is 1. The highest BCUT2D eigenvalue weighted by Crippen LogP contribution is 2.34. The van der Waals surface area contributed by atoms with Crippen molar-refractivity contribution in [2.24, 2.45) is 0 Å². The molecule has 6 rings (SSSR count). The van der Waals surface area contributed by atoms with Gasteiger partial charge in [-0.2, -0.15) is 0 Å². The van der Waals surface area contributed by atoms with Gasteiger partial charge in [0.15, 0.2) is 5.13 Å². The molecule has 202 valence electrons. The van der Waals surface area contributed by atoms with E-state index >= 15 is 0 Å². The van der Waals surface area contributed by atoms with Crippen LogP contribution in [0.25, 0.3) is 10.2 Å². The van der Waals surface area contributed by atoms with Crippen molar-refractivity contribution in [1.29, 1.82) is 0 Å². The van der Waals surface area contributed by atoms with Crippen molar-refractivity contribution >= 4 is 48.3 Å². The van der Waals surface area contributed by atoms with E-state index in [4.69, 9.17) is 9.72 Å². The predicted molar refractivity (Wildman–Crippen MR) is 159 cm³/mol. The molecule has 1 aromatic heterocycles. The van der Waals surface area contributed by atoms with E-state index < -0.39 is 10.0 Å². The third kappa shape index (κ3) is 4.94. The summed E-state index contributed by atoms with van der Waals surface area (Å²) in [6, 6.07) is 29.1. The van der Waals surface area contributed by atoms with Crippen molar-refractivity contribution in [2.75, 3.05) is 22.9 Å². The molecule has 0 spiro atoms. The Kier molecular flexibility index (Phi) is 7.00. The molecule has 0 N–H and O–H groups in total. The van der Waals surface area contributed by atoms with E-state index in [0.717, 1.165) is 45.6 Å². The summed E-state index contributed by atoms with van der Waals surface area (Å²) >= 11 is 1.41. The number of hydrogen-bond acceptors (Lipinski definition) is 6. The molecule has 0 unspecified atom stereocenters. The normalized spacial score (nSPS) is 13.2. The number of amides is 1. The van der Waals surface area contributed by atoms with Gasteiger partial charge < -0.3 is 4.74 Å². The molecule has 40 heavy (non-hydrogen) atoms. The second-order valence-electron chi connectivity index (χ2n) is 9.54. The van der Waals surface area contributed by atoms with Crippen LogP contribution in [0.5, 0.6) is 5.75 Å². The van der Waals surface area contributed by atoms with Gasteiger partial charge in [0.2, 0.25) is 0 Å². The number of aryl methyl sites for hydroxylation is 1. The zero-order valence-corrected chi connectivity index (χ0v) is 23.5. The van der Waals surface area contributed by atoms with Crippen molar-refractivity contribution in [1.82, 2.24) is 4.98 Å². The molecule has 1 aliphatic heterocycles. The third-order valence-electron chi connectivity index (χ3n) is 7.00. The Morgan fingerprint density at radius 2 is 1.73 bits per heavy atom. The van der Waals surface area contributed by atoms with Gasteiger partial charge in [-0.3, -0.25) is 14.0 Å². The standard InChI is InChI=1S/C31H27N3O4S2/c1-38-25-15-18-27-29(20-25)39-31(32-27)33(21-22-8-3-2-4-9-22)30(35)24-13-16-26(17-14-24)40(36,37)34-19-7-11-23-10-5-6-12-28(23)34/h2-6,8-10,12-18,20H,7,11,19,21H2,1H3. The largest absolute Gasteiger partial charge is 0.497 e. The minimum atomic E-state index is -3.78. The Balaban J connectivity index is 1.33. The highest BCUT2D eigenvalue weighted by molar-refractivity contribution is 7.92. The van der Waals surface area contributed by atoms with Gasteiger partial charge in [0, 0.05) is 12.1 Å². The number of para-hydroxylation sites is 1. The van der Waals surface area contributed by atoms with E-state index in [1.54, 1.807) is 24.1 Å². The number of ether oxygens (including phenoxy) is 1. The van der Waals surface area contributed by atoms with E-state index in [2.05, 4.69) is 0 Å². The number of fused-ring (bicyclic) bond motifs is 2. The Labute approximate surface area is 237 Å². The fourth-order valence-electron chi connectivity index (χ4n) is 4.93. The topological polar surface area (TPSA) is 79.8 Å². The van der Waals surface area contributed by atoms with Gasteiger partial charge in [-0.15, -0.1) is 0 Å². The number of carbonyl (C=O) groups excluding carboxylic acids is 1. The first-order valence-electron chi connectivity index (χ1n) is 12.9. The summed E-state index contributed by atoms with van der Waals surface area (Å²) in [5.74, 6) is 0.457. The Morgan fingerprint density at radius 1 is 0.975 bits per heavy atom. The van der Waals surface area contributed by atoms with E-state index in [1.165, 1.54) is 27.8 Å². The number of hydrogen-bond donors (Lipinski definition) is 0. The SMILES string of the molecule is COc1ccc2nc(N(Cc3ccccc3)C(=O)c3ccc(S(=O)(=O)N4CCCc5ccccc54)cc3)sc2c1. The number of anilines is 2. The first-order chi connectivity index (χ1) is 19.4. The molecule has 2 heterocycles. The molecule has 0 saturated heterocycles. The van der Waals surface area contributed by atoms with Crippen LogP contribution >= 0.6 is 11.3 Å². The van der Waals surface area contributed by atoms with Gasteiger partial charge in [-0.05, 0) is 72.5 Å². The highest BCUT2D eigenvalue weighted by Gasteiger charge is 2.29. The zero-order chi connectivity index (χ0) is 27.7. The fraction of sp³-hybridized carbons (Fsp3) is 0.161. The first kappa shape index (κ1) is 26.0. The molecule has 0 saturated carbocycles. The number of carbonyl (C=O) groups is 1. The number of benzene rings is 4. The van der Waals surface area contributed by atoms with Gasteiger partial charge in [-0.25, -0.2) is 13.4 Å². The number of aromatic nitrogens is 1. The fourth-order valence-corrected chi connectivity index (χ4v) is 7.46. The van der Waals surface area contributed by atoms with Gasteiger partial charge in [0.05, 0.1) is 34.5 Å². The van der Waals surface area contributed by atoms with Gasteiger partial charge in [-0.1, -0.05) is 59.9 Å². The maximum absolute atomic E-state index is 13.9. The summed E-state index contributed by atoms with van der Waals surface area (Å²) in [5, 5.41) is 0.554. The molecule has 0 atom stereocenters.